The largest absolute Gasteiger partial charge is 0.325 e. The Bertz CT molecular complexity index is 169. The van der Waals surface area contributed by atoms with Crippen LogP contribution in [-0.4, -0.2) is 9.78 Å². The number of hydrogen-bond acceptors (Lipinski definition) is 2. The molecule has 0 radical (unpaired) electrons. The molecule has 0 unspecified atom stereocenters. The lowest BCUT2D eigenvalue weighted by Crippen LogP contribution is -1.98. The van der Waals surface area contributed by atoms with Crippen LogP contribution in [-0.2, 0) is 13.6 Å². The van der Waals surface area contributed by atoms with Gasteiger partial charge in [-0.05, 0) is 6.07 Å². The third kappa shape index (κ3) is 2.64. The smallest absolute Gasteiger partial charge is 0.0760 e. The molecule has 0 aliphatic rings. The lowest BCUT2D eigenvalue weighted by Gasteiger charge is -1.84. The molecule has 1 rings (SSSR count). The van der Waals surface area contributed by atoms with Gasteiger partial charge in [0.2, 0.25) is 0 Å². The van der Waals surface area contributed by atoms with Crippen molar-refractivity contribution in [2.24, 2.45) is 12.8 Å². The number of aryl methyl sites for hydroxylation is 1. The van der Waals surface area contributed by atoms with Gasteiger partial charge in [0.1, 0.15) is 0 Å². The highest BCUT2D eigenvalue weighted by molar-refractivity contribution is 4.96. The molecule has 1 aromatic rings. The highest BCUT2D eigenvalue weighted by Crippen LogP contribution is 1.89. The van der Waals surface area contributed by atoms with Gasteiger partial charge in [0.15, 0.2) is 0 Å². The first kappa shape index (κ1) is 9.17. The fraction of sp³-hybridized carbons (Fsp3) is 0.571. The Hall–Kier alpha value is -0.830. The fourth-order valence-electron chi connectivity index (χ4n) is 0.572. The first-order valence-corrected chi connectivity index (χ1v) is 3.51. The van der Waals surface area contributed by atoms with Crippen LogP contribution in [0.15, 0.2) is 12.3 Å². The zero-order valence-corrected chi connectivity index (χ0v) is 6.83. The summed E-state index contributed by atoms with van der Waals surface area (Å²) in [6.07, 6.45) is 1.88. The molecule has 0 saturated heterocycles. The van der Waals surface area contributed by atoms with E-state index in [0.29, 0.717) is 6.54 Å². The molecule has 0 atom stereocenters. The molecule has 0 aromatic carbocycles. The van der Waals surface area contributed by atoms with Crippen LogP contribution in [0.5, 0.6) is 0 Å². The molecule has 0 fully saturated rings. The number of aromatic nitrogens is 2. The van der Waals surface area contributed by atoms with E-state index in [9.17, 15) is 0 Å². The van der Waals surface area contributed by atoms with E-state index in [4.69, 9.17) is 5.73 Å². The molecule has 0 saturated carbocycles. The topological polar surface area (TPSA) is 43.8 Å². The minimum absolute atomic E-state index is 0.529. The molecule has 1 aromatic heterocycles. The molecule has 1 heterocycles. The van der Waals surface area contributed by atoms with Crippen LogP contribution in [0.4, 0.5) is 0 Å². The molecule has 0 aliphatic heterocycles. The van der Waals surface area contributed by atoms with Crippen molar-refractivity contribution in [3.63, 3.8) is 0 Å². The second-order valence-corrected chi connectivity index (χ2v) is 1.68. The van der Waals surface area contributed by atoms with E-state index in [1.54, 1.807) is 4.68 Å². The Balaban J connectivity index is 0.000000371. The van der Waals surface area contributed by atoms with Crippen LogP contribution in [0, 0.1) is 0 Å². The molecule has 3 nitrogen and oxygen atoms in total. The summed E-state index contributed by atoms with van der Waals surface area (Å²) in [6, 6.07) is 1.90. The van der Waals surface area contributed by atoms with Crippen LogP contribution in [0.3, 0.4) is 0 Å². The van der Waals surface area contributed by atoms with Crippen molar-refractivity contribution < 1.29 is 0 Å². The summed E-state index contributed by atoms with van der Waals surface area (Å²) in [5.41, 5.74) is 6.22. The van der Waals surface area contributed by atoms with Crippen LogP contribution < -0.4 is 5.73 Å². The summed E-state index contributed by atoms with van der Waals surface area (Å²) < 4.78 is 1.74. The van der Waals surface area contributed by atoms with Gasteiger partial charge in [0.05, 0.1) is 5.69 Å². The van der Waals surface area contributed by atoms with Gasteiger partial charge in [-0.25, -0.2) is 0 Å². The minimum Gasteiger partial charge on any atom is -0.325 e. The van der Waals surface area contributed by atoms with Gasteiger partial charge >= 0.3 is 0 Å². The van der Waals surface area contributed by atoms with Crippen LogP contribution in [0.2, 0.25) is 0 Å². The van der Waals surface area contributed by atoms with Crippen LogP contribution in [0.25, 0.3) is 0 Å². The maximum Gasteiger partial charge on any atom is 0.0760 e. The van der Waals surface area contributed by atoms with Crippen molar-refractivity contribution in [1.29, 1.82) is 0 Å². The normalized spacial score (nSPS) is 8.40. The minimum atomic E-state index is 0.529. The quantitative estimate of drug-likeness (QED) is 0.631. The molecule has 2 N–H and O–H groups in total. The molecule has 0 bridgehead atoms. The maximum atomic E-state index is 5.29. The van der Waals surface area contributed by atoms with Crippen molar-refractivity contribution in [3.05, 3.63) is 18.0 Å². The maximum absolute atomic E-state index is 5.29. The zero-order valence-electron chi connectivity index (χ0n) is 6.83. The first-order valence-electron chi connectivity index (χ1n) is 3.51. The lowest BCUT2D eigenvalue weighted by molar-refractivity contribution is 0.742. The summed E-state index contributed by atoms with van der Waals surface area (Å²) in [5, 5.41) is 4.02. The van der Waals surface area contributed by atoms with Gasteiger partial charge in [-0.2, -0.15) is 5.10 Å². The molecule has 0 aliphatic carbocycles. The van der Waals surface area contributed by atoms with Crippen LogP contribution >= 0.6 is 0 Å². The van der Waals surface area contributed by atoms with Gasteiger partial charge in [-0.15, -0.1) is 0 Å². The van der Waals surface area contributed by atoms with E-state index in [2.05, 4.69) is 5.10 Å². The van der Waals surface area contributed by atoms with Crippen molar-refractivity contribution in [3.8, 4) is 0 Å². The Morgan fingerprint density at radius 1 is 1.60 bits per heavy atom. The monoisotopic (exact) mass is 141 g/mol. The molecule has 58 valence electrons. The molecule has 0 spiro atoms. The molecular weight excluding hydrogens is 126 g/mol. The number of nitrogens with two attached hydrogens (primary N) is 1. The summed E-state index contributed by atoms with van der Waals surface area (Å²) in [7, 11) is 1.87. The van der Waals surface area contributed by atoms with Gasteiger partial charge in [-0.1, -0.05) is 13.8 Å². The second kappa shape index (κ2) is 4.99. The standard InChI is InChI=1S/C5H9N3.C2H6/c1-8-3-2-5(4-6)7-8;1-2/h2-3H,4,6H2,1H3;1-2H3. The van der Waals surface area contributed by atoms with E-state index >= 15 is 0 Å². The predicted molar refractivity (Wildman–Crippen MR) is 42.4 cm³/mol. The summed E-state index contributed by atoms with van der Waals surface area (Å²) in [6.45, 7) is 4.53. The molecule has 0 amide bonds. The van der Waals surface area contributed by atoms with Crippen molar-refractivity contribution in [1.82, 2.24) is 9.78 Å². The predicted octanol–water partition coefficient (Wildman–Crippen LogP) is 0.905. The highest BCUT2D eigenvalue weighted by Gasteiger charge is 1.88. The molecule has 3 heteroatoms. The van der Waals surface area contributed by atoms with Crippen molar-refractivity contribution in [2.45, 2.75) is 20.4 Å². The third-order valence-corrected chi connectivity index (χ3v) is 0.978. The fourth-order valence-corrected chi connectivity index (χ4v) is 0.572. The summed E-state index contributed by atoms with van der Waals surface area (Å²) in [4.78, 5) is 0. The summed E-state index contributed by atoms with van der Waals surface area (Å²) >= 11 is 0. The second-order valence-electron chi connectivity index (χ2n) is 1.68. The Labute approximate surface area is 61.8 Å². The third-order valence-electron chi connectivity index (χ3n) is 0.978. The van der Waals surface area contributed by atoms with Gasteiger partial charge in [0.25, 0.3) is 0 Å². The van der Waals surface area contributed by atoms with E-state index < -0.39 is 0 Å². The van der Waals surface area contributed by atoms with E-state index in [1.165, 1.54) is 0 Å². The molecule has 10 heavy (non-hydrogen) atoms. The highest BCUT2D eigenvalue weighted by atomic mass is 15.2. The Kier molecular flexibility index (Phi) is 4.58. The van der Waals surface area contributed by atoms with Crippen molar-refractivity contribution >= 4 is 0 Å². The lowest BCUT2D eigenvalue weighted by atomic mass is 10.4. The Morgan fingerprint density at radius 3 is 2.40 bits per heavy atom. The number of rotatable bonds is 1. The number of nitrogens with zero attached hydrogens (tertiary/aromatic N) is 2. The van der Waals surface area contributed by atoms with E-state index in [0.717, 1.165) is 5.69 Å². The summed E-state index contributed by atoms with van der Waals surface area (Å²) in [5.74, 6) is 0. The van der Waals surface area contributed by atoms with Gasteiger partial charge in [-0.3, -0.25) is 4.68 Å². The zero-order chi connectivity index (χ0) is 7.98. The average molecular weight is 141 g/mol. The molecular formula is C7H15N3. The van der Waals surface area contributed by atoms with E-state index in [1.807, 2.05) is 33.2 Å². The SMILES string of the molecule is CC.Cn1ccc(CN)n1. The average Bonchev–Trinajstić information content (AvgIpc) is 2.40. The van der Waals surface area contributed by atoms with Crippen LogP contribution in [0.1, 0.15) is 19.5 Å². The van der Waals surface area contributed by atoms with Gasteiger partial charge < -0.3 is 5.73 Å². The Morgan fingerprint density at radius 2 is 2.20 bits per heavy atom. The number of hydrogen-bond donors (Lipinski definition) is 1. The van der Waals surface area contributed by atoms with Crippen molar-refractivity contribution in [2.75, 3.05) is 0 Å². The first-order chi connectivity index (χ1) is 4.83. The van der Waals surface area contributed by atoms with E-state index in [-0.39, 0.29) is 0 Å². The van der Waals surface area contributed by atoms with Gasteiger partial charge in [0, 0.05) is 19.8 Å².